The van der Waals surface area contributed by atoms with Gasteiger partial charge in [0.1, 0.15) is 11.9 Å². The van der Waals surface area contributed by atoms with Gasteiger partial charge >= 0.3 is 0 Å². The molecule has 32 heavy (non-hydrogen) atoms. The fraction of sp³-hybridized carbons (Fsp3) is 0.304. The second kappa shape index (κ2) is 10.5. The SMILES string of the molecule is COC1C(N=C(NN(C)N)c2cc(-c3ccc(CN(C)C)cc3)cnc2N)=CC=CC1F. The van der Waals surface area contributed by atoms with Crippen LogP contribution < -0.4 is 17.0 Å². The predicted molar refractivity (Wildman–Crippen MR) is 126 cm³/mol. The molecule has 1 aromatic carbocycles. The van der Waals surface area contributed by atoms with Crippen molar-refractivity contribution in [1.29, 1.82) is 0 Å². The van der Waals surface area contributed by atoms with Gasteiger partial charge in [-0.1, -0.05) is 30.3 Å². The van der Waals surface area contributed by atoms with Crippen LogP contribution in [0.4, 0.5) is 10.2 Å². The molecule has 1 aromatic heterocycles. The summed E-state index contributed by atoms with van der Waals surface area (Å²) in [4.78, 5) is 11.1. The van der Waals surface area contributed by atoms with Gasteiger partial charge in [0.2, 0.25) is 0 Å². The normalized spacial score (nSPS) is 18.9. The lowest BCUT2D eigenvalue weighted by Crippen LogP contribution is -2.45. The van der Waals surface area contributed by atoms with E-state index < -0.39 is 12.3 Å². The molecule has 1 aliphatic rings. The van der Waals surface area contributed by atoms with Gasteiger partial charge < -0.3 is 15.4 Å². The monoisotopic (exact) mass is 439 g/mol. The van der Waals surface area contributed by atoms with Crippen molar-refractivity contribution in [3.63, 3.8) is 0 Å². The number of nitrogens with zero attached hydrogens (tertiary/aromatic N) is 4. The Balaban J connectivity index is 2.01. The van der Waals surface area contributed by atoms with Crippen molar-refractivity contribution in [3.05, 3.63) is 71.6 Å². The lowest BCUT2D eigenvalue weighted by atomic mass is 10.0. The number of aromatic nitrogens is 1. The Hall–Kier alpha value is -3.11. The van der Waals surface area contributed by atoms with Crippen molar-refractivity contribution in [2.45, 2.75) is 18.8 Å². The van der Waals surface area contributed by atoms with E-state index in [9.17, 15) is 4.39 Å². The summed E-state index contributed by atoms with van der Waals surface area (Å²) in [5, 5.41) is 1.24. The number of hydrogen-bond donors (Lipinski definition) is 3. The third-order valence-corrected chi connectivity index (χ3v) is 4.88. The molecule has 1 aliphatic carbocycles. The fourth-order valence-corrected chi connectivity index (χ4v) is 3.40. The molecule has 0 saturated heterocycles. The first-order valence-electron chi connectivity index (χ1n) is 10.2. The molecule has 3 rings (SSSR count). The Bertz CT molecular complexity index is 1020. The van der Waals surface area contributed by atoms with Crippen molar-refractivity contribution in [2.24, 2.45) is 10.8 Å². The van der Waals surface area contributed by atoms with Gasteiger partial charge in [-0.3, -0.25) is 11.3 Å². The number of hydrogen-bond acceptors (Lipinski definition) is 7. The van der Waals surface area contributed by atoms with Crippen LogP contribution >= 0.6 is 0 Å². The van der Waals surface area contributed by atoms with Crippen LogP contribution in [0.3, 0.4) is 0 Å². The number of nitrogens with two attached hydrogens (primary N) is 2. The number of halogens is 1. The summed E-state index contributed by atoms with van der Waals surface area (Å²) in [6.45, 7) is 0.856. The number of allylic oxidation sites excluding steroid dienone is 2. The van der Waals surface area contributed by atoms with Crippen molar-refractivity contribution >= 4 is 11.7 Å². The summed E-state index contributed by atoms with van der Waals surface area (Å²) < 4.78 is 19.6. The molecular weight excluding hydrogens is 409 g/mol. The Labute approximate surface area is 188 Å². The summed E-state index contributed by atoms with van der Waals surface area (Å²) in [7, 11) is 7.12. The highest BCUT2D eigenvalue weighted by atomic mass is 19.1. The average molecular weight is 440 g/mol. The summed E-state index contributed by atoms with van der Waals surface area (Å²) in [6, 6.07) is 10.1. The van der Waals surface area contributed by atoms with Gasteiger partial charge in [0.25, 0.3) is 0 Å². The van der Waals surface area contributed by atoms with Crippen LogP contribution in [0.25, 0.3) is 11.1 Å². The van der Waals surface area contributed by atoms with Crippen LogP contribution in [-0.2, 0) is 11.3 Å². The van der Waals surface area contributed by atoms with Gasteiger partial charge in [0.05, 0.1) is 11.3 Å². The number of methoxy groups -OCH3 is 1. The van der Waals surface area contributed by atoms with E-state index in [0.29, 0.717) is 17.1 Å². The number of rotatable bonds is 7. The number of pyridine rings is 1. The minimum atomic E-state index is -1.30. The average Bonchev–Trinajstić information content (AvgIpc) is 2.74. The maximum absolute atomic E-state index is 14.3. The van der Waals surface area contributed by atoms with Crippen LogP contribution in [0.1, 0.15) is 11.1 Å². The second-order valence-corrected chi connectivity index (χ2v) is 7.85. The number of ether oxygens (including phenoxy) is 1. The minimum absolute atomic E-state index is 0.267. The smallest absolute Gasteiger partial charge is 0.152 e. The lowest BCUT2D eigenvalue weighted by Gasteiger charge is -2.23. The predicted octanol–water partition coefficient (Wildman–Crippen LogP) is 2.26. The lowest BCUT2D eigenvalue weighted by molar-refractivity contribution is 0.0759. The van der Waals surface area contributed by atoms with Gasteiger partial charge in [-0.05, 0) is 43.4 Å². The molecule has 0 spiro atoms. The quantitative estimate of drug-likeness (QED) is 0.263. The number of alkyl halides is 1. The molecule has 1 heterocycles. The first kappa shape index (κ1) is 23.6. The number of anilines is 1. The third kappa shape index (κ3) is 5.77. The molecule has 170 valence electrons. The summed E-state index contributed by atoms with van der Waals surface area (Å²) >= 11 is 0. The van der Waals surface area contributed by atoms with Crippen molar-refractivity contribution in [3.8, 4) is 11.1 Å². The van der Waals surface area contributed by atoms with E-state index in [2.05, 4.69) is 32.4 Å². The standard InChI is InChI=1S/C23H30FN7O/c1-30(2)14-15-8-10-16(11-9-15)17-12-18(22(25)27-13-17)23(29-31(3)26)28-20-7-5-6-19(24)21(20)32-4/h5-13,19,21H,14,26H2,1-4H3,(H2,25,27)(H,28,29). The Morgan fingerprint density at radius 3 is 2.56 bits per heavy atom. The van der Waals surface area contributed by atoms with Gasteiger partial charge in [0, 0.05) is 32.5 Å². The summed E-state index contributed by atoms with van der Waals surface area (Å²) in [5.41, 5.74) is 13.1. The van der Waals surface area contributed by atoms with Crippen molar-refractivity contribution < 1.29 is 9.13 Å². The molecule has 0 aliphatic heterocycles. The number of amidine groups is 1. The molecule has 0 bridgehead atoms. The van der Waals surface area contributed by atoms with Crippen LogP contribution in [0.2, 0.25) is 0 Å². The second-order valence-electron chi connectivity index (χ2n) is 7.85. The van der Waals surface area contributed by atoms with Crippen LogP contribution in [0.5, 0.6) is 0 Å². The van der Waals surface area contributed by atoms with E-state index in [1.807, 2.05) is 32.3 Å². The number of benzene rings is 1. The highest BCUT2D eigenvalue weighted by Gasteiger charge is 2.26. The molecule has 2 atom stereocenters. The van der Waals surface area contributed by atoms with Gasteiger partial charge in [0.15, 0.2) is 12.0 Å². The maximum Gasteiger partial charge on any atom is 0.152 e. The summed E-state index contributed by atoms with van der Waals surface area (Å²) in [6.07, 6.45) is 4.30. The Morgan fingerprint density at radius 1 is 1.22 bits per heavy atom. The van der Waals surface area contributed by atoms with E-state index in [1.54, 1.807) is 25.4 Å². The molecule has 0 amide bonds. The maximum atomic E-state index is 14.3. The first-order valence-corrected chi connectivity index (χ1v) is 10.2. The van der Waals surface area contributed by atoms with Gasteiger partial charge in [-0.15, -0.1) is 0 Å². The zero-order chi connectivity index (χ0) is 23.3. The zero-order valence-corrected chi connectivity index (χ0v) is 18.8. The van der Waals surface area contributed by atoms with E-state index in [4.69, 9.17) is 16.3 Å². The fourth-order valence-electron chi connectivity index (χ4n) is 3.40. The van der Waals surface area contributed by atoms with Gasteiger partial charge in [-0.25, -0.2) is 14.4 Å². The minimum Gasteiger partial charge on any atom is -0.383 e. The molecule has 0 saturated carbocycles. The molecule has 2 unspecified atom stereocenters. The topological polar surface area (TPSA) is 105 Å². The zero-order valence-electron chi connectivity index (χ0n) is 18.8. The molecule has 0 fully saturated rings. The number of nitrogens with one attached hydrogen (secondary N) is 1. The first-order chi connectivity index (χ1) is 15.3. The van der Waals surface area contributed by atoms with Gasteiger partial charge in [-0.2, -0.15) is 5.12 Å². The molecule has 5 N–H and O–H groups in total. The highest BCUT2D eigenvalue weighted by Crippen LogP contribution is 2.25. The molecule has 9 heteroatoms. The molecule has 2 aromatic rings. The number of hydrazine groups is 2. The van der Waals surface area contributed by atoms with Crippen LogP contribution in [0, 0.1) is 0 Å². The number of nitrogen functional groups attached to an aromatic ring is 1. The van der Waals surface area contributed by atoms with E-state index in [1.165, 1.54) is 23.9 Å². The molecule has 0 radical (unpaired) electrons. The third-order valence-electron chi connectivity index (χ3n) is 4.88. The largest absolute Gasteiger partial charge is 0.383 e. The number of aliphatic imine (C=N–C) groups is 1. The van der Waals surface area contributed by atoms with Crippen molar-refractivity contribution in [2.75, 3.05) is 34.0 Å². The van der Waals surface area contributed by atoms with Crippen LogP contribution in [-0.4, -0.2) is 61.4 Å². The van der Waals surface area contributed by atoms with Crippen LogP contribution in [0.15, 0.2) is 65.4 Å². The highest BCUT2D eigenvalue weighted by molar-refractivity contribution is 6.03. The van der Waals surface area contributed by atoms with E-state index in [0.717, 1.165) is 17.7 Å². The summed E-state index contributed by atoms with van der Waals surface area (Å²) in [5.74, 6) is 6.43. The molecular formula is C23H30FN7O. The van der Waals surface area contributed by atoms with Crippen molar-refractivity contribution in [1.82, 2.24) is 20.4 Å². The Kier molecular flexibility index (Phi) is 7.70. The Morgan fingerprint density at radius 2 is 1.94 bits per heavy atom. The van der Waals surface area contributed by atoms with E-state index in [-0.39, 0.29) is 5.82 Å². The molecule has 8 nitrogen and oxygen atoms in total. The van der Waals surface area contributed by atoms with E-state index >= 15 is 0 Å².